The van der Waals surface area contributed by atoms with Crippen molar-refractivity contribution in [3.63, 3.8) is 0 Å². The van der Waals surface area contributed by atoms with Crippen LogP contribution in [0.3, 0.4) is 0 Å². The van der Waals surface area contributed by atoms with E-state index in [1.165, 1.54) is 0 Å². The van der Waals surface area contributed by atoms with Gasteiger partial charge < -0.3 is 16.2 Å². The second-order valence-corrected chi connectivity index (χ2v) is 6.71. The van der Waals surface area contributed by atoms with Crippen LogP contribution in [0.5, 0.6) is 0 Å². The molecule has 2 rings (SSSR count). The molecule has 0 unspecified atom stereocenters. The van der Waals surface area contributed by atoms with Gasteiger partial charge in [0.2, 0.25) is 0 Å². The minimum Gasteiger partial charge on any atom is -0.480 e. The van der Waals surface area contributed by atoms with Crippen LogP contribution in [0.1, 0.15) is 27.9 Å². The number of benzene rings is 2. The second kappa shape index (κ2) is 9.13. The maximum absolute atomic E-state index is 12.6. The van der Waals surface area contributed by atoms with Gasteiger partial charge in [0.1, 0.15) is 6.04 Å². The smallest absolute Gasteiger partial charge is 0.326 e. The first kappa shape index (κ1) is 18.9. The van der Waals surface area contributed by atoms with Crippen LogP contribution >= 0.6 is 11.8 Å². The maximum Gasteiger partial charge on any atom is 0.326 e. The molecule has 2 aromatic rings. The summed E-state index contributed by atoms with van der Waals surface area (Å²) in [4.78, 5) is 24.0. The number of anilines is 1. The summed E-state index contributed by atoms with van der Waals surface area (Å²) in [5, 5.41) is 11.9. The fourth-order valence-corrected chi connectivity index (χ4v) is 3.00. The molecule has 2 aromatic carbocycles. The molecule has 0 bridgehead atoms. The fraction of sp³-hybridized carbons (Fsp3) is 0.263. The molecule has 0 saturated heterocycles. The van der Waals surface area contributed by atoms with Gasteiger partial charge in [-0.1, -0.05) is 30.3 Å². The number of hydrogen-bond acceptors (Lipinski definition) is 4. The Balaban J connectivity index is 2.22. The first-order valence-corrected chi connectivity index (χ1v) is 9.35. The van der Waals surface area contributed by atoms with E-state index in [0.717, 1.165) is 11.1 Å². The summed E-state index contributed by atoms with van der Waals surface area (Å²) in [6, 6.07) is 13.9. The maximum atomic E-state index is 12.6. The minimum absolute atomic E-state index is 0.380. The average Bonchev–Trinajstić information content (AvgIpc) is 2.59. The van der Waals surface area contributed by atoms with Gasteiger partial charge in [-0.05, 0) is 54.2 Å². The van der Waals surface area contributed by atoms with Crippen molar-refractivity contribution in [3.8, 4) is 0 Å². The van der Waals surface area contributed by atoms with Gasteiger partial charge >= 0.3 is 5.97 Å². The van der Waals surface area contributed by atoms with E-state index in [0.29, 0.717) is 29.8 Å². The molecule has 1 atom stereocenters. The summed E-state index contributed by atoms with van der Waals surface area (Å²) in [5.74, 6) is -0.752. The molecule has 0 aromatic heterocycles. The summed E-state index contributed by atoms with van der Waals surface area (Å²) in [5.41, 5.74) is 8.72. The number of nitrogens with one attached hydrogen (secondary N) is 1. The van der Waals surface area contributed by atoms with E-state index in [-0.39, 0.29) is 5.91 Å². The number of nitrogens with two attached hydrogens (primary N) is 1. The standard InChI is InChI=1S/C19H22N2O3S/c1-25-10-9-17(19(23)24)21-18(22)16-8-7-15(20)12-14(16)11-13-5-3-2-4-6-13/h2-8,12,17H,9-11,20H2,1H3,(H,21,22)(H,23,24)/t17-/m0/s1. The quantitative estimate of drug-likeness (QED) is 0.631. The van der Waals surface area contributed by atoms with Gasteiger partial charge in [0.05, 0.1) is 0 Å². The SMILES string of the molecule is CSCC[C@H](NC(=O)c1ccc(N)cc1Cc1ccccc1)C(=O)O. The van der Waals surface area contributed by atoms with E-state index in [2.05, 4.69) is 5.32 Å². The fourth-order valence-electron chi connectivity index (χ4n) is 2.53. The van der Waals surface area contributed by atoms with Gasteiger partial charge in [-0.3, -0.25) is 4.79 Å². The Labute approximate surface area is 151 Å². The lowest BCUT2D eigenvalue weighted by Crippen LogP contribution is -2.41. The number of nitrogen functional groups attached to an aromatic ring is 1. The molecule has 0 spiro atoms. The highest BCUT2D eigenvalue weighted by Gasteiger charge is 2.21. The number of thioether (sulfide) groups is 1. The van der Waals surface area contributed by atoms with Gasteiger partial charge in [0.15, 0.2) is 0 Å². The molecule has 0 saturated carbocycles. The molecule has 4 N–H and O–H groups in total. The van der Waals surface area contributed by atoms with Crippen molar-refractivity contribution < 1.29 is 14.7 Å². The van der Waals surface area contributed by atoms with E-state index in [1.807, 2.05) is 36.6 Å². The third-order valence-electron chi connectivity index (χ3n) is 3.83. The number of hydrogen-bond donors (Lipinski definition) is 3. The third-order valence-corrected chi connectivity index (χ3v) is 4.47. The highest BCUT2D eigenvalue weighted by Crippen LogP contribution is 2.18. The van der Waals surface area contributed by atoms with E-state index in [4.69, 9.17) is 5.73 Å². The third kappa shape index (κ3) is 5.53. The Morgan fingerprint density at radius 1 is 1.20 bits per heavy atom. The van der Waals surface area contributed by atoms with Crippen molar-refractivity contribution in [2.45, 2.75) is 18.9 Å². The first-order valence-electron chi connectivity index (χ1n) is 7.96. The van der Waals surface area contributed by atoms with Crippen molar-refractivity contribution in [1.82, 2.24) is 5.32 Å². The van der Waals surface area contributed by atoms with Crippen LogP contribution in [0.4, 0.5) is 5.69 Å². The van der Waals surface area contributed by atoms with Crippen molar-refractivity contribution in [1.29, 1.82) is 0 Å². The Morgan fingerprint density at radius 3 is 2.56 bits per heavy atom. The number of aliphatic carboxylic acids is 1. The number of carboxylic acids is 1. The Hall–Kier alpha value is -2.47. The Morgan fingerprint density at radius 2 is 1.92 bits per heavy atom. The average molecular weight is 358 g/mol. The van der Waals surface area contributed by atoms with E-state index < -0.39 is 12.0 Å². The molecule has 0 aliphatic heterocycles. The Bertz CT molecular complexity index is 735. The van der Waals surface area contributed by atoms with Crippen molar-refractivity contribution >= 4 is 29.3 Å². The van der Waals surface area contributed by atoms with Crippen molar-refractivity contribution in [3.05, 3.63) is 65.2 Å². The van der Waals surface area contributed by atoms with Crippen LogP contribution in [0.2, 0.25) is 0 Å². The van der Waals surface area contributed by atoms with Gasteiger partial charge in [-0.2, -0.15) is 11.8 Å². The minimum atomic E-state index is -1.03. The van der Waals surface area contributed by atoms with E-state index in [1.54, 1.807) is 30.0 Å². The van der Waals surface area contributed by atoms with Crippen LogP contribution in [-0.2, 0) is 11.2 Å². The lowest BCUT2D eigenvalue weighted by Gasteiger charge is -2.16. The molecular formula is C19H22N2O3S. The van der Waals surface area contributed by atoms with E-state index in [9.17, 15) is 14.7 Å². The molecule has 25 heavy (non-hydrogen) atoms. The topological polar surface area (TPSA) is 92.4 Å². The number of amides is 1. The zero-order chi connectivity index (χ0) is 18.2. The van der Waals surface area contributed by atoms with Crippen molar-refractivity contribution in [2.75, 3.05) is 17.7 Å². The van der Waals surface area contributed by atoms with Crippen LogP contribution in [-0.4, -0.2) is 35.0 Å². The molecule has 5 nitrogen and oxygen atoms in total. The summed E-state index contributed by atoms with van der Waals surface area (Å²) in [6.07, 6.45) is 2.83. The highest BCUT2D eigenvalue weighted by molar-refractivity contribution is 7.98. The molecule has 0 fully saturated rings. The van der Waals surface area contributed by atoms with Crippen LogP contribution in [0.25, 0.3) is 0 Å². The molecule has 132 valence electrons. The normalized spacial score (nSPS) is 11.7. The van der Waals surface area contributed by atoms with Crippen LogP contribution < -0.4 is 11.1 Å². The number of carboxylic acid groups (broad SMARTS) is 1. The lowest BCUT2D eigenvalue weighted by molar-refractivity contribution is -0.139. The molecule has 0 aliphatic carbocycles. The molecule has 6 heteroatoms. The second-order valence-electron chi connectivity index (χ2n) is 5.72. The summed E-state index contributed by atoms with van der Waals surface area (Å²) >= 11 is 1.55. The number of carbonyl (C=O) groups excluding carboxylic acids is 1. The molecule has 0 heterocycles. The summed E-state index contributed by atoms with van der Waals surface area (Å²) in [6.45, 7) is 0. The predicted molar refractivity (Wildman–Crippen MR) is 102 cm³/mol. The predicted octanol–water partition coefficient (Wildman–Crippen LogP) is 2.80. The molecular weight excluding hydrogens is 336 g/mol. The highest BCUT2D eigenvalue weighted by atomic mass is 32.2. The van der Waals surface area contributed by atoms with Crippen LogP contribution in [0.15, 0.2) is 48.5 Å². The Kier molecular flexibility index (Phi) is 6.89. The lowest BCUT2D eigenvalue weighted by atomic mass is 9.98. The molecule has 0 radical (unpaired) electrons. The number of rotatable bonds is 8. The van der Waals surface area contributed by atoms with Gasteiger partial charge in [0, 0.05) is 11.3 Å². The number of carbonyl (C=O) groups is 2. The molecule has 0 aliphatic rings. The van der Waals surface area contributed by atoms with Gasteiger partial charge in [0.25, 0.3) is 5.91 Å². The van der Waals surface area contributed by atoms with Gasteiger partial charge in [-0.15, -0.1) is 0 Å². The van der Waals surface area contributed by atoms with Crippen molar-refractivity contribution in [2.24, 2.45) is 0 Å². The zero-order valence-corrected chi connectivity index (χ0v) is 14.9. The van der Waals surface area contributed by atoms with Gasteiger partial charge in [-0.25, -0.2) is 4.79 Å². The molecule has 1 amide bonds. The van der Waals surface area contributed by atoms with Crippen LogP contribution in [0, 0.1) is 0 Å². The first-order chi connectivity index (χ1) is 12.0. The monoisotopic (exact) mass is 358 g/mol. The summed E-state index contributed by atoms with van der Waals surface area (Å²) in [7, 11) is 0. The van der Waals surface area contributed by atoms with E-state index >= 15 is 0 Å². The largest absolute Gasteiger partial charge is 0.480 e. The zero-order valence-electron chi connectivity index (χ0n) is 14.1. The summed E-state index contributed by atoms with van der Waals surface area (Å²) < 4.78 is 0.